The molecule has 0 bridgehead atoms. The molecule has 1 aromatic carbocycles. The Morgan fingerprint density at radius 1 is 1.19 bits per heavy atom. The van der Waals surface area contributed by atoms with Crippen molar-refractivity contribution in [3.8, 4) is 0 Å². The van der Waals surface area contributed by atoms with E-state index in [-0.39, 0.29) is 10.8 Å². The van der Waals surface area contributed by atoms with E-state index in [1.54, 1.807) is 16.4 Å². The number of aromatic nitrogens is 1. The summed E-state index contributed by atoms with van der Waals surface area (Å²) in [5, 5.41) is 5.10. The smallest absolute Gasteiger partial charge is 0.257 e. The van der Waals surface area contributed by atoms with Crippen molar-refractivity contribution in [3.05, 3.63) is 40.9 Å². The summed E-state index contributed by atoms with van der Waals surface area (Å²) in [6.07, 6.45) is 1.04. The Morgan fingerprint density at radius 3 is 2.35 bits per heavy atom. The minimum atomic E-state index is -3.53. The van der Waals surface area contributed by atoms with E-state index in [2.05, 4.69) is 24.1 Å². The minimum absolute atomic E-state index is 0.223. The maximum Gasteiger partial charge on any atom is 0.257 e. The summed E-state index contributed by atoms with van der Waals surface area (Å²) in [5.74, 6) is 0.393. The van der Waals surface area contributed by atoms with E-state index in [1.165, 1.54) is 23.5 Å². The lowest BCUT2D eigenvalue weighted by Crippen LogP contribution is -2.42. The molecule has 0 unspecified atom stereocenters. The van der Waals surface area contributed by atoms with Crippen LogP contribution in [0, 0.1) is 18.8 Å². The Balaban J connectivity index is 1.75. The van der Waals surface area contributed by atoms with Crippen LogP contribution < -0.4 is 5.32 Å². The highest BCUT2D eigenvalue weighted by molar-refractivity contribution is 7.89. The molecule has 26 heavy (non-hydrogen) atoms. The first-order valence-electron chi connectivity index (χ1n) is 8.59. The molecule has 1 fully saturated rings. The molecule has 3 rings (SSSR count). The summed E-state index contributed by atoms with van der Waals surface area (Å²) in [6, 6.07) is 6.08. The number of rotatable bonds is 4. The summed E-state index contributed by atoms with van der Waals surface area (Å²) in [4.78, 5) is 16.7. The monoisotopic (exact) mass is 393 g/mol. The number of nitrogens with one attached hydrogen (secondary N) is 1. The van der Waals surface area contributed by atoms with E-state index in [9.17, 15) is 13.2 Å². The average Bonchev–Trinajstić information content (AvgIpc) is 2.99. The molecule has 1 aliphatic heterocycles. The number of aryl methyl sites for hydroxylation is 1. The molecule has 1 saturated heterocycles. The first-order chi connectivity index (χ1) is 12.3. The molecule has 6 nitrogen and oxygen atoms in total. The zero-order valence-electron chi connectivity index (χ0n) is 15.1. The summed E-state index contributed by atoms with van der Waals surface area (Å²) in [5.41, 5.74) is 1.24. The SMILES string of the molecule is Cc1csc(NC(=O)c2ccc(S(=O)(=O)N3C[C@H](C)C[C@H](C)C3)cc2)n1. The lowest BCUT2D eigenvalue weighted by atomic mass is 9.94. The van der Waals surface area contributed by atoms with Gasteiger partial charge in [0.1, 0.15) is 0 Å². The van der Waals surface area contributed by atoms with Crippen molar-refractivity contribution in [2.45, 2.75) is 32.1 Å². The predicted octanol–water partition coefficient (Wildman–Crippen LogP) is 3.37. The van der Waals surface area contributed by atoms with Gasteiger partial charge in [-0.1, -0.05) is 13.8 Å². The van der Waals surface area contributed by atoms with Gasteiger partial charge >= 0.3 is 0 Å². The Hall–Kier alpha value is -1.77. The van der Waals surface area contributed by atoms with Gasteiger partial charge in [-0.15, -0.1) is 11.3 Å². The second-order valence-electron chi connectivity index (χ2n) is 7.04. The zero-order chi connectivity index (χ0) is 18.9. The van der Waals surface area contributed by atoms with Crippen LogP contribution in [0.3, 0.4) is 0 Å². The fourth-order valence-electron chi connectivity index (χ4n) is 3.31. The first-order valence-corrected chi connectivity index (χ1v) is 10.9. The number of carbonyl (C=O) groups excluding carboxylic acids is 1. The third-order valence-electron chi connectivity index (χ3n) is 4.43. The fraction of sp³-hybridized carbons (Fsp3) is 0.444. The van der Waals surface area contributed by atoms with E-state index >= 15 is 0 Å². The minimum Gasteiger partial charge on any atom is -0.298 e. The first kappa shape index (κ1) is 19.0. The maximum absolute atomic E-state index is 12.9. The highest BCUT2D eigenvalue weighted by Gasteiger charge is 2.31. The van der Waals surface area contributed by atoms with Gasteiger partial charge < -0.3 is 0 Å². The molecular weight excluding hydrogens is 370 g/mol. The summed E-state index contributed by atoms with van der Waals surface area (Å²) >= 11 is 1.35. The summed E-state index contributed by atoms with van der Waals surface area (Å²) < 4.78 is 27.3. The number of nitrogens with zero attached hydrogens (tertiary/aromatic N) is 2. The number of carbonyl (C=O) groups is 1. The number of hydrogen-bond acceptors (Lipinski definition) is 5. The van der Waals surface area contributed by atoms with Gasteiger partial charge in [-0.2, -0.15) is 4.31 Å². The van der Waals surface area contributed by atoms with Crippen molar-refractivity contribution < 1.29 is 13.2 Å². The Labute approximate surface area is 158 Å². The van der Waals surface area contributed by atoms with Crippen LogP contribution >= 0.6 is 11.3 Å². The lowest BCUT2D eigenvalue weighted by molar-refractivity contribution is 0.102. The van der Waals surface area contributed by atoms with Gasteiger partial charge in [0.2, 0.25) is 10.0 Å². The van der Waals surface area contributed by atoms with Crippen LogP contribution in [0.25, 0.3) is 0 Å². The number of benzene rings is 1. The Morgan fingerprint density at radius 2 is 1.81 bits per heavy atom. The van der Waals surface area contributed by atoms with Crippen molar-refractivity contribution in [1.29, 1.82) is 0 Å². The molecule has 2 heterocycles. The van der Waals surface area contributed by atoms with Gasteiger partial charge in [-0.25, -0.2) is 13.4 Å². The van der Waals surface area contributed by atoms with Crippen molar-refractivity contribution >= 4 is 32.4 Å². The number of hydrogen-bond donors (Lipinski definition) is 1. The van der Waals surface area contributed by atoms with E-state index in [0.717, 1.165) is 12.1 Å². The van der Waals surface area contributed by atoms with Gasteiger partial charge in [-0.05, 0) is 49.4 Å². The largest absolute Gasteiger partial charge is 0.298 e. The Bertz CT molecular complexity index is 881. The van der Waals surface area contributed by atoms with Crippen molar-refractivity contribution in [3.63, 3.8) is 0 Å². The molecule has 2 aromatic rings. The molecular formula is C18H23N3O3S2. The van der Waals surface area contributed by atoms with Crippen LogP contribution in [0.15, 0.2) is 34.5 Å². The molecule has 0 spiro atoms. The predicted molar refractivity (Wildman–Crippen MR) is 103 cm³/mol. The highest BCUT2D eigenvalue weighted by Crippen LogP contribution is 2.27. The van der Waals surface area contributed by atoms with Gasteiger partial charge in [0.05, 0.1) is 10.6 Å². The normalized spacial score (nSPS) is 21.5. The van der Waals surface area contributed by atoms with Crippen molar-refractivity contribution in [2.24, 2.45) is 11.8 Å². The van der Waals surface area contributed by atoms with E-state index < -0.39 is 10.0 Å². The number of anilines is 1. The third-order valence-corrected chi connectivity index (χ3v) is 7.15. The van der Waals surface area contributed by atoms with Crippen LogP contribution in [-0.2, 0) is 10.0 Å². The number of amides is 1. The van der Waals surface area contributed by atoms with E-state index in [4.69, 9.17) is 0 Å². The van der Waals surface area contributed by atoms with Crippen LogP contribution in [0.1, 0.15) is 36.3 Å². The average molecular weight is 394 g/mol. The Kier molecular flexibility index (Phi) is 5.45. The number of sulfonamides is 1. The molecule has 1 N–H and O–H groups in total. The van der Waals surface area contributed by atoms with E-state index in [0.29, 0.717) is 35.6 Å². The zero-order valence-corrected chi connectivity index (χ0v) is 16.7. The van der Waals surface area contributed by atoms with Gasteiger partial charge in [0, 0.05) is 24.0 Å². The highest BCUT2D eigenvalue weighted by atomic mass is 32.2. The third kappa shape index (κ3) is 4.13. The van der Waals surface area contributed by atoms with E-state index in [1.807, 2.05) is 12.3 Å². The number of piperidine rings is 1. The number of thiazole rings is 1. The second-order valence-corrected chi connectivity index (χ2v) is 9.84. The standard InChI is InChI=1S/C18H23N3O3S2/c1-12-8-13(2)10-21(9-12)26(23,24)16-6-4-15(5-7-16)17(22)20-18-19-14(3)11-25-18/h4-7,11-13H,8-10H2,1-3H3,(H,19,20,22)/t12-,13+. The molecule has 0 aliphatic carbocycles. The van der Waals surface area contributed by atoms with Crippen LogP contribution in [0.4, 0.5) is 5.13 Å². The van der Waals surface area contributed by atoms with Gasteiger partial charge in [0.15, 0.2) is 5.13 Å². The second kappa shape index (κ2) is 7.46. The molecule has 1 amide bonds. The van der Waals surface area contributed by atoms with Gasteiger partial charge in [0.25, 0.3) is 5.91 Å². The van der Waals surface area contributed by atoms with Crippen molar-refractivity contribution in [1.82, 2.24) is 9.29 Å². The molecule has 1 aromatic heterocycles. The molecule has 8 heteroatoms. The van der Waals surface area contributed by atoms with Crippen molar-refractivity contribution in [2.75, 3.05) is 18.4 Å². The molecule has 1 aliphatic rings. The maximum atomic E-state index is 12.9. The summed E-state index contributed by atoms with van der Waals surface area (Å²) in [6.45, 7) is 7.09. The molecule has 0 saturated carbocycles. The van der Waals surface area contributed by atoms with Crippen LogP contribution in [0.5, 0.6) is 0 Å². The van der Waals surface area contributed by atoms with Gasteiger partial charge in [-0.3, -0.25) is 10.1 Å². The van der Waals surface area contributed by atoms with Crippen LogP contribution in [0.2, 0.25) is 0 Å². The molecule has 140 valence electrons. The quantitative estimate of drug-likeness (QED) is 0.864. The molecule has 0 radical (unpaired) electrons. The topological polar surface area (TPSA) is 79.4 Å². The van der Waals surface area contributed by atoms with Crippen LogP contribution in [-0.4, -0.2) is 36.7 Å². The lowest BCUT2D eigenvalue weighted by Gasteiger charge is -2.34. The molecule has 2 atom stereocenters. The summed E-state index contributed by atoms with van der Waals surface area (Å²) in [7, 11) is -3.53. The fourth-order valence-corrected chi connectivity index (χ4v) is 5.67.